The lowest BCUT2D eigenvalue weighted by Crippen LogP contribution is -2.19. The van der Waals surface area contributed by atoms with Crippen molar-refractivity contribution in [3.05, 3.63) is 12.2 Å². The molecule has 2 heteroatoms. The summed E-state index contributed by atoms with van der Waals surface area (Å²) in [6.45, 7) is 11.0. The Labute approximate surface area is 68.2 Å². The molecule has 0 saturated heterocycles. The zero-order valence-corrected chi connectivity index (χ0v) is 7.68. The highest BCUT2D eigenvalue weighted by Crippen LogP contribution is 2.09. The maximum atomic E-state index is 11.1. The van der Waals surface area contributed by atoms with Crippen LogP contribution in [0, 0.1) is 5.92 Å². The summed E-state index contributed by atoms with van der Waals surface area (Å²) >= 11 is 0. The highest BCUT2D eigenvalue weighted by Gasteiger charge is 2.15. The summed E-state index contributed by atoms with van der Waals surface area (Å²) in [5, 5.41) is 0. The van der Waals surface area contributed by atoms with E-state index in [0.29, 0.717) is 0 Å². The molecule has 0 aliphatic heterocycles. The second kappa shape index (κ2) is 4.16. The smallest absolute Gasteiger partial charge is 0.313 e. The molecule has 64 valence electrons. The largest absolute Gasteiger partial charge is 0.463 e. The quantitative estimate of drug-likeness (QED) is 0.462. The molecule has 1 atom stereocenters. The van der Waals surface area contributed by atoms with Crippen LogP contribution in [0.1, 0.15) is 27.7 Å². The number of ether oxygens (including phenoxy) is 1. The van der Waals surface area contributed by atoms with Gasteiger partial charge >= 0.3 is 5.97 Å². The number of hydrogen-bond donors (Lipinski definition) is 0. The van der Waals surface area contributed by atoms with Crippen LogP contribution in [0.5, 0.6) is 0 Å². The fraction of sp³-hybridized carbons (Fsp3) is 0.667. The molecule has 1 unspecified atom stereocenters. The van der Waals surface area contributed by atoms with E-state index < -0.39 is 0 Å². The predicted octanol–water partition coefficient (Wildman–Crippen LogP) is 2.15. The van der Waals surface area contributed by atoms with Gasteiger partial charge in [0.15, 0.2) is 0 Å². The van der Waals surface area contributed by atoms with Crippen LogP contribution >= 0.6 is 0 Å². The molecule has 0 rings (SSSR count). The number of hydrogen-bond acceptors (Lipinski definition) is 2. The van der Waals surface area contributed by atoms with Crippen molar-refractivity contribution < 1.29 is 9.53 Å². The lowest BCUT2D eigenvalue weighted by molar-refractivity contribution is -0.150. The van der Waals surface area contributed by atoms with Crippen molar-refractivity contribution in [2.24, 2.45) is 5.92 Å². The summed E-state index contributed by atoms with van der Waals surface area (Å²) in [5.41, 5.74) is 0.843. The summed E-state index contributed by atoms with van der Waals surface area (Å²) in [4.78, 5) is 11.1. The maximum Gasteiger partial charge on any atom is 0.313 e. The lowest BCUT2D eigenvalue weighted by atomic mass is 10.1. The molecule has 0 heterocycles. The molecule has 0 bridgehead atoms. The van der Waals surface area contributed by atoms with Crippen molar-refractivity contribution in [3.8, 4) is 0 Å². The van der Waals surface area contributed by atoms with Gasteiger partial charge in [-0.2, -0.15) is 0 Å². The van der Waals surface area contributed by atoms with Crippen molar-refractivity contribution >= 4 is 5.97 Å². The molecule has 2 nitrogen and oxygen atoms in total. The molecule has 0 radical (unpaired) electrons. The Balaban J connectivity index is 3.93. The maximum absolute atomic E-state index is 11.1. The zero-order valence-electron chi connectivity index (χ0n) is 7.68. The van der Waals surface area contributed by atoms with Gasteiger partial charge in [0, 0.05) is 0 Å². The van der Waals surface area contributed by atoms with Crippen LogP contribution in [0.15, 0.2) is 12.2 Å². The van der Waals surface area contributed by atoms with Gasteiger partial charge in [-0.1, -0.05) is 12.2 Å². The topological polar surface area (TPSA) is 26.3 Å². The summed E-state index contributed by atoms with van der Waals surface area (Å²) in [6.07, 6.45) is -0.0377. The van der Waals surface area contributed by atoms with E-state index in [4.69, 9.17) is 4.74 Å². The van der Waals surface area contributed by atoms with Gasteiger partial charge in [-0.05, 0) is 27.7 Å². The molecule has 0 amide bonds. The first kappa shape index (κ1) is 10.2. The SMILES string of the molecule is C=C(C)C(C)C(=O)OC(C)C. The average Bonchev–Trinajstić information content (AvgIpc) is 1.84. The fourth-order valence-corrected chi connectivity index (χ4v) is 0.536. The first-order chi connectivity index (χ1) is 4.95. The fourth-order valence-electron chi connectivity index (χ4n) is 0.536. The van der Waals surface area contributed by atoms with E-state index in [-0.39, 0.29) is 18.0 Å². The van der Waals surface area contributed by atoms with Gasteiger partial charge in [-0.3, -0.25) is 4.79 Å². The molecule has 0 saturated carbocycles. The highest BCUT2D eigenvalue weighted by atomic mass is 16.5. The minimum absolute atomic E-state index is 0.0377. The predicted molar refractivity (Wildman–Crippen MR) is 45.2 cm³/mol. The van der Waals surface area contributed by atoms with Crippen LogP contribution in [-0.4, -0.2) is 12.1 Å². The number of esters is 1. The van der Waals surface area contributed by atoms with E-state index in [1.807, 2.05) is 20.8 Å². The molecule has 0 aromatic carbocycles. The molecule has 0 spiro atoms. The first-order valence-electron chi connectivity index (χ1n) is 3.81. The Hall–Kier alpha value is -0.790. The van der Waals surface area contributed by atoms with E-state index in [1.54, 1.807) is 6.92 Å². The monoisotopic (exact) mass is 156 g/mol. The lowest BCUT2D eigenvalue weighted by Gasteiger charge is -2.13. The Morgan fingerprint density at radius 2 is 1.82 bits per heavy atom. The van der Waals surface area contributed by atoms with E-state index in [2.05, 4.69) is 6.58 Å². The second-order valence-electron chi connectivity index (χ2n) is 3.05. The van der Waals surface area contributed by atoms with Crippen molar-refractivity contribution in [2.75, 3.05) is 0 Å². The Kier molecular flexibility index (Phi) is 3.86. The van der Waals surface area contributed by atoms with Gasteiger partial charge in [0.2, 0.25) is 0 Å². The first-order valence-corrected chi connectivity index (χ1v) is 3.81. The molecule has 0 N–H and O–H groups in total. The van der Waals surface area contributed by atoms with Crippen LogP contribution in [0.2, 0.25) is 0 Å². The third kappa shape index (κ3) is 3.81. The van der Waals surface area contributed by atoms with Gasteiger partial charge < -0.3 is 4.74 Å². The highest BCUT2D eigenvalue weighted by molar-refractivity contribution is 5.75. The van der Waals surface area contributed by atoms with Crippen LogP contribution in [0.25, 0.3) is 0 Å². The Morgan fingerprint density at radius 3 is 2.09 bits per heavy atom. The molecular weight excluding hydrogens is 140 g/mol. The normalized spacial score (nSPS) is 12.8. The van der Waals surface area contributed by atoms with Gasteiger partial charge in [0.1, 0.15) is 0 Å². The standard InChI is InChI=1S/C9H16O2/c1-6(2)8(5)9(10)11-7(3)4/h7-8H,1H2,2-5H3. The van der Waals surface area contributed by atoms with Gasteiger partial charge in [0.05, 0.1) is 12.0 Å². The summed E-state index contributed by atoms with van der Waals surface area (Å²) in [6, 6.07) is 0. The van der Waals surface area contributed by atoms with Crippen LogP contribution in [0.4, 0.5) is 0 Å². The minimum atomic E-state index is -0.187. The molecule has 0 aromatic rings. The van der Waals surface area contributed by atoms with E-state index >= 15 is 0 Å². The molecule has 0 aromatic heterocycles. The molecule has 0 fully saturated rings. The van der Waals surface area contributed by atoms with Crippen LogP contribution in [-0.2, 0) is 9.53 Å². The molecule has 0 aliphatic carbocycles. The molecule has 11 heavy (non-hydrogen) atoms. The van der Waals surface area contributed by atoms with Crippen molar-refractivity contribution in [2.45, 2.75) is 33.8 Å². The van der Waals surface area contributed by atoms with Gasteiger partial charge in [-0.15, -0.1) is 0 Å². The summed E-state index contributed by atoms with van der Waals surface area (Å²) < 4.78 is 4.97. The minimum Gasteiger partial charge on any atom is -0.463 e. The average molecular weight is 156 g/mol. The molecular formula is C9H16O2. The van der Waals surface area contributed by atoms with Crippen LogP contribution < -0.4 is 0 Å². The van der Waals surface area contributed by atoms with Crippen molar-refractivity contribution in [1.82, 2.24) is 0 Å². The van der Waals surface area contributed by atoms with E-state index in [1.165, 1.54) is 0 Å². The number of carbonyl (C=O) groups excluding carboxylic acids is 1. The second-order valence-corrected chi connectivity index (χ2v) is 3.05. The van der Waals surface area contributed by atoms with Crippen molar-refractivity contribution in [3.63, 3.8) is 0 Å². The van der Waals surface area contributed by atoms with Gasteiger partial charge in [-0.25, -0.2) is 0 Å². The Bertz CT molecular complexity index is 159. The third-order valence-corrected chi connectivity index (χ3v) is 1.44. The molecule has 0 aliphatic rings. The van der Waals surface area contributed by atoms with Crippen molar-refractivity contribution in [1.29, 1.82) is 0 Å². The number of carbonyl (C=O) groups is 1. The van der Waals surface area contributed by atoms with E-state index in [9.17, 15) is 4.79 Å². The van der Waals surface area contributed by atoms with Gasteiger partial charge in [0.25, 0.3) is 0 Å². The Morgan fingerprint density at radius 1 is 1.36 bits per heavy atom. The zero-order chi connectivity index (χ0) is 9.02. The van der Waals surface area contributed by atoms with E-state index in [0.717, 1.165) is 5.57 Å². The summed E-state index contributed by atoms with van der Waals surface area (Å²) in [7, 11) is 0. The number of rotatable bonds is 3. The van der Waals surface area contributed by atoms with Crippen LogP contribution in [0.3, 0.4) is 0 Å². The summed E-state index contributed by atoms with van der Waals surface area (Å²) in [5.74, 6) is -0.370. The third-order valence-electron chi connectivity index (χ3n) is 1.44.